The maximum atomic E-state index is 4.49. The van der Waals surface area contributed by atoms with Gasteiger partial charge in [0, 0.05) is 17.6 Å². The number of hydrogen-bond acceptors (Lipinski definition) is 2. The molecule has 2 heteroatoms. The lowest BCUT2D eigenvalue weighted by Crippen LogP contribution is -2.22. The van der Waals surface area contributed by atoms with Crippen LogP contribution in [-0.2, 0) is 0 Å². The Balaban J connectivity index is 2.17. The Morgan fingerprint density at radius 1 is 1.00 bits per heavy atom. The van der Waals surface area contributed by atoms with Crippen molar-refractivity contribution < 1.29 is 0 Å². The van der Waals surface area contributed by atoms with E-state index in [1.165, 1.54) is 49.5 Å². The van der Waals surface area contributed by atoms with Crippen molar-refractivity contribution in [1.29, 1.82) is 0 Å². The van der Waals surface area contributed by atoms with E-state index in [1.54, 1.807) is 0 Å². The SMILES string of the molecule is CCCCCCC(NCCC)c1cccc2ncccc12. The zero-order valence-corrected chi connectivity index (χ0v) is 13.4. The first-order valence-corrected chi connectivity index (χ1v) is 8.43. The van der Waals surface area contributed by atoms with Crippen molar-refractivity contribution in [2.75, 3.05) is 6.54 Å². The Kier molecular flexibility index (Phi) is 6.68. The summed E-state index contributed by atoms with van der Waals surface area (Å²) in [6.45, 7) is 5.57. The molecule has 1 aromatic carbocycles. The molecule has 0 radical (unpaired) electrons. The number of unbranched alkanes of at least 4 members (excludes halogenated alkanes) is 3. The van der Waals surface area contributed by atoms with Crippen LogP contribution in [0.25, 0.3) is 10.9 Å². The Hall–Kier alpha value is -1.41. The molecule has 1 N–H and O–H groups in total. The quantitative estimate of drug-likeness (QED) is 0.636. The third-order valence-corrected chi connectivity index (χ3v) is 4.04. The van der Waals surface area contributed by atoms with Gasteiger partial charge < -0.3 is 5.32 Å². The highest BCUT2D eigenvalue weighted by molar-refractivity contribution is 5.82. The van der Waals surface area contributed by atoms with Crippen molar-refractivity contribution in [1.82, 2.24) is 10.3 Å². The van der Waals surface area contributed by atoms with Crippen molar-refractivity contribution >= 4 is 10.9 Å². The van der Waals surface area contributed by atoms with E-state index >= 15 is 0 Å². The second-order valence-corrected chi connectivity index (χ2v) is 5.77. The van der Waals surface area contributed by atoms with Gasteiger partial charge in [0.2, 0.25) is 0 Å². The van der Waals surface area contributed by atoms with Crippen LogP contribution in [0.4, 0.5) is 0 Å². The number of pyridine rings is 1. The predicted octanol–water partition coefficient (Wildman–Crippen LogP) is 5.25. The third-order valence-electron chi connectivity index (χ3n) is 4.04. The second kappa shape index (κ2) is 8.78. The van der Waals surface area contributed by atoms with Gasteiger partial charge in [0.15, 0.2) is 0 Å². The monoisotopic (exact) mass is 284 g/mol. The standard InChI is InChI=1S/C19H28N2/c1-3-5-6-7-12-18(20-14-4-2)16-10-8-13-19-17(16)11-9-15-21-19/h8-11,13,15,18,20H,3-7,12,14H2,1-2H3. The van der Waals surface area contributed by atoms with Gasteiger partial charge in [-0.1, -0.05) is 57.7 Å². The molecule has 1 heterocycles. The first kappa shape index (κ1) is 16.0. The summed E-state index contributed by atoms with van der Waals surface area (Å²) < 4.78 is 0. The number of benzene rings is 1. The van der Waals surface area contributed by atoms with Gasteiger partial charge in [-0.15, -0.1) is 0 Å². The summed E-state index contributed by atoms with van der Waals surface area (Å²) in [6, 6.07) is 11.2. The zero-order valence-electron chi connectivity index (χ0n) is 13.4. The van der Waals surface area contributed by atoms with Crippen LogP contribution in [0.5, 0.6) is 0 Å². The van der Waals surface area contributed by atoms with Crippen molar-refractivity contribution in [3.05, 3.63) is 42.1 Å². The average Bonchev–Trinajstić information content (AvgIpc) is 2.54. The van der Waals surface area contributed by atoms with Crippen molar-refractivity contribution in [2.24, 2.45) is 0 Å². The van der Waals surface area contributed by atoms with Crippen LogP contribution in [0.1, 0.15) is 64.0 Å². The van der Waals surface area contributed by atoms with E-state index in [-0.39, 0.29) is 0 Å². The van der Waals surface area contributed by atoms with E-state index in [4.69, 9.17) is 0 Å². The van der Waals surface area contributed by atoms with Crippen LogP contribution in [-0.4, -0.2) is 11.5 Å². The Bertz CT molecular complexity index is 531. The molecule has 114 valence electrons. The highest BCUT2D eigenvalue weighted by Gasteiger charge is 2.13. The fourth-order valence-electron chi connectivity index (χ4n) is 2.89. The lowest BCUT2D eigenvalue weighted by atomic mass is 9.96. The molecular formula is C19H28N2. The van der Waals surface area contributed by atoms with E-state index in [0.717, 1.165) is 12.1 Å². The van der Waals surface area contributed by atoms with Gasteiger partial charge in [-0.05, 0) is 37.1 Å². The molecule has 0 saturated heterocycles. The normalized spacial score (nSPS) is 12.7. The van der Waals surface area contributed by atoms with Gasteiger partial charge in [-0.2, -0.15) is 0 Å². The number of fused-ring (bicyclic) bond motifs is 1. The Morgan fingerprint density at radius 3 is 2.71 bits per heavy atom. The lowest BCUT2D eigenvalue weighted by Gasteiger charge is -2.20. The molecule has 1 unspecified atom stereocenters. The van der Waals surface area contributed by atoms with Gasteiger partial charge >= 0.3 is 0 Å². The fourth-order valence-corrected chi connectivity index (χ4v) is 2.89. The van der Waals surface area contributed by atoms with E-state index < -0.39 is 0 Å². The molecule has 0 spiro atoms. The zero-order chi connectivity index (χ0) is 14.9. The molecule has 2 aromatic rings. The topological polar surface area (TPSA) is 24.9 Å². The minimum absolute atomic E-state index is 0.453. The maximum Gasteiger partial charge on any atom is 0.0705 e. The molecule has 1 aromatic heterocycles. The van der Waals surface area contributed by atoms with Gasteiger partial charge in [0.1, 0.15) is 0 Å². The van der Waals surface area contributed by atoms with Gasteiger partial charge in [0.25, 0.3) is 0 Å². The summed E-state index contributed by atoms with van der Waals surface area (Å²) in [5, 5.41) is 5.02. The summed E-state index contributed by atoms with van der Waals surface area (Å²) in [4.78, 5) is 4.49. The molecule has 21 heavy (non-hydrogen) atoms. The molecular weight excluding hydrogens is 256 g/mol. The summed E-state index contributed by atoms with van der Waals surface area (Å²) >= 11 is 0. The highest BCUT2D eigenvalue weighted by Crippen LogP contribution is 2.27. The third kappa shape index (κ3) is 4.53. The van der Waals surface area contributed by atoms with Crippen molar-refractivity contribution in [2.45, 2.75) is 58.4 Å². The van der Waals surface area contributed by atoms with Gasteiger partial charge in [0.05, 0.1) is 5.52 Å². The maximum absolute atomic E-state index is 4.49. The van der Waals surface area contributed by atoms with Crippen LogP contribution in [0.15, 0.2) is 36.5 Å². The average molecular weight is 284 g/mol. The molecule has 0 aliphatic heterocycles. The van der Waals surface area contributed by atoms with Gasteiger partial charge in [-0.25, -0.2) is 0 Å². The molecule has 0 amide bonds. The highest BCUT2D eigenvalue weighted by atomic mass is 14.9. The number of rotatable bonds is 9. The molecule has 0 fully saturated rings. The summed E-state index contributed by atoms with van der Waals surface area (Å²) in [5.74, 6) is 0. The van der Waals surface area contributed by atoms with E-state index in [2.05, 4.69) is 48.4 Å². The smallest absolute Gasteiger partial charge is 0.0705 e. The minimum atomic E-state index is 0.453. The Labute approximate surface area is 129 Å². The van der Waals surface area contributed by atoms with Crippen LogP contribution >= 0.6 is 0 Å². The molecule has 1 atom stereocenters. The summed E-state index contributed by atoms with van der Waals surface area (Å²) in [6.07, 6.45) is 9.54. The van der Waals surface area contributed by atoms with Crippen LogP contribution < -0.4 is 5.32 Å². The largest absolute Gasteiger partial charge is 0.310 e. The van der Waals surface area contributed by atoms with Gasteiger partial charge in [-0.3, -0.25) is 4.98 Å². The second-order valence-electron chi connectivity index (χ2n) is 5.77. The van der Waals surface area contributed by atoms with E-state index in [9.17, 15) is 0 Å². The number of aromatic nitrogens is 1. The molecule has 0 bridgehead atoms. The van der Waals surface area contributed by atoms with Crippen molar-refractivity contribution in [3.63, 3.8) is 0 Å². The number of hydrogen-bond donors (Lipinski definition) is 1. The molecule has 2 rings (SSSR count). The van der Waals surface area contributed by atoms with Crippen LogP contribution in [0.3, 0.4) is 0 Å². The molecule has 2 nitrogen and oxygen atoms in total. The van der Waals surface area contributed by atoms with Crippen molar-refractivity contribution in [3.8, 4) is 0 Å². The lowest BCUT2D eigenvalue weighted by molar-refractivity contribution is 0.473. The first-order valence-electron chi connectivity index (χ1n) is 8.43. The molecule has 0 aliphatic carbocycles. The van der Waals surface area contributed by atoms with E-state index in [1.807, 2.05) is 12.3 Å². The Morgan fingerprint density at radius 2 is 1.90 bits per heavy atom. The number of nitrogens with one attached hydrogen (secondary N) is 1. The minimum Gasteiger partial charge on any atom is -0.310 e. The molecule has 0 aliphatic rings. The summed E-state index contributed by atoms with van der Waals surface area (Å²) in [5.41, 5.74) is 2.51. The van der Waals surface area contributed by atoms with Crippen LogP contribution in [0, 0.1) is 0 Å². The predicted molar refractivity (Wildman–Crippen MR) is 91.5 cm³/mol. The van der Waals surface area contributed by atoms with E-state index in [0.29, 0.717) is 6.04 Å². The number of nitrogens with zero attached hydrogens (tertiary/aromatic N) is 1. The van der Waals surface area contributed by atoms with Crippen LogP contribution in [0.2, 0.25) is 0 Å². The summed E-state index contributed by atoms with van der Waals surface area (Å²) in [7, 11) is 0. The molecule has 0 saturated carbocycles. The fraction of sp³-hybridized carbons (Fsp3) is 0.526. The first-order chi connectivity index (χ1) is 10.4.